The summed E-state index contributed by atoms with van der Waals surface area (Å²) < 4.78 is 31.5. The third kappa shape index (κ3) is 21.7. The largest absolute Gasteiger partial charge is 0.480 e. The van der Waals surface area contributed by atoms with Gasteiger partial charge in [0.25, 0.3) is 0 Å². The highest BCUT2D eigenvalue weighted by molar-refractivity contribution is 7.47. The Hall–Kier alpha value is -2.04. The lowest BCUT2D eigenvalue weighted by molar-refractivity contribution is -0.161. The molecule has 0 aromatic heterocycles. The molecule has 4 N–H and O–H groups in total. The van der Waals surface area contributed by atoms with Gasteiger partial charge in [-0.3, -0.25) is 23.4 Å². The van der Waals surface area contributed by atoms with Crippen molar-refractivity contribution in [2.24, 2.45) is 5.73 Å². The van der Waals surface area contributed by atoms with Gasteiger partial charge in [0.15, 0.2) is 6.10 Å². The Morgan fingerprint density at radius 2 is 1.49 bits per heavy atom. The third-order valence-electron chi connectivity index (χ3n) is 4.99. The summed E-state index contributed by atoms with van der Waals surface area (Å²) in [5, 5.41) is 8.71. The van der Waals surface area contributed by atoms with Gasteiger partial charge >= 0.3 is 25.7 Å². The van der Waals surface area contributed by atoms with E-state index in [1.54, 1.807) is 6.92 Å². The zero-order valence-electron chi connectivity index (χ0n) is 22.0. The number of esters is 2. The molecule has 0 fully saturated rings. The number of allylic oxidation sites excluding steroid dienone is 4. The molecule has 0 aromatic carbocycles. The maximum Gasteiger partial charge on any atom is 0.472 e. The normalized spacial score (nSPS) is 14.9. The first kappa shape index (κ1) is 35.0. The van der Waals surface area contributed by atoms with Crippen LogP contribution in [-0.2, 0) is 37.5 Å². The molecule has 0 bridgehead atoms. The molecule has 0 heterocycles. The van der Waals surface area contributed by atoms with E-state index in [9.17, 15) is 23.8 Å². The number of ether oxygens (including phenoxy) is 2. The quantitative estimate of drug-likeness (QED) is 0.0712. The van der Waals surface area contributed by atoms with Crippen LogP contribution in [0.15, 0.2) is 24.3 Å². The SMILES string of the molecule is CCC/C=C\C/C=C\CCCCCCCC(=O)OC(COC(=O)CC)COP(=O)(O)OCC(N)C(=O)O. The average Bonchev–Trinajstić information content (AvgIpc) is 2.86. The van der Waals surface area contributed by atoms with Crippen LogP contribution in [0.3, 0.4) is 0 Å². The molecule has 214 valence electrons. The number of phosphoric acid groups is 1. The summed E-state index contributed by atoms with van der Waals surface area (Å²) in [4.78, 5) is 44.0. The zero-order valence-corrected chi connectivity index (χ0v) is 22.9. The van der Waals surface area contributed by atoms with E-state index in [1.165, 1.54) is 0 Å². The molecule has 0 radical (unpaired) electrons. The second-order valence-electron chi connectivity index (χ2n) is 8.43. The van der Waals surface area contributed by atoms with Crippen molar-refractivity contribution < 1.29 is 47.5 Å². The van der Waals surface area contributed by atoms with Crippen LogP contribution in [0.25, 0.3) is 0 Å². The van der Waals surface area contributed by atoms with Crippen molar-refractivity contribution in [2.75, 3.05) is 19.8 Å². The molecule has 3 atom stereocenters. The van der Waals surface area contributed by atoms with E-state index in [4.69, 9.17) is 24.8 Å². The third-order valence-corrected chi connectivity index (χ3v) is 5.94. The molecular weight excluding hydrogens is 505 g/mol. The first-order chi connectivity index (χ1) is 17.6. The lowest BCUT2D eigenvalue weighted by atomic mass is 10.1. The van der Waals surface area contributed by atoms with Gasteiger partial charge in [0.1, 0.15) is 12.6 Å². The molecule has 0 saturated carbocycles. The number of carbonyl (C=O) groups is 3. The molecule has 0 amide bonds. The van der Waals surface area contributed by atoms with E-state index in [0.717, 1.165) is 51.4 Å². The van der Waals surface area contributed by atoms with E-state index >= 15 is 0 Å². The number of unbranched alkanes of at least 4 members (excludes halogenated alkanes) is 6. The summed E-state index contributed by atoms with van der Waals surface area (Å²) in [5.74, 6) is -2.51. The molecule has 0 aliphatic carbocycles. The van der Waals surface area contributed by atoms with Crippen LogP contribution >= 0.6 is 7.82 Å². The predicted octanol–water partition coefficient (Wildman–Crippen LogP) is 4.43. The van der Waals surface area contributed by atoms with Crippen molar-refractivity contribution in [2.45, 2.75) is 96.6 Å². The molecule has 0 rings (SSSR count). The first-order valence-electron chi connectivity index (χ1n) is 12.9. The Labute approximate surface area is 220 Å². The number of hydrogen-bond acceptors (Lipinski definition) is 9. The van der Waals surface area contributed by atoms with Crippen LogP contribution in [0.4, 0.5) is 0 Å². The molecule has 0 spiro atoms. The maximum absolute atomic E-state index is 12.2. The van der Waals surface area contributed by atoms with Crippen molar-refractivity contribution >= 4 is 25.7 Å². The molecule has 0 aromatic rings. The monoisotopic (exact) mass is 549 g/mol. The van der Waals surface area contributed by atoms with Crippen molar-refractivity contribution in [3.8, 4) is 0 Å². The fraction of sp³-hybridized carbons (Fsp3) is 0.720. The highest BCUT2D eigenvalue weighted by Crippen LogP contribution is 2.43. The standard InChI is InChI=1S/C25H44NO10P/c1-3-5-6-7-8-9-10-11-12-13-14-15-16-17-24(28)36-21(18-33-23(27)4-2)19-34-37(31,32)35-20-22(26)25(29)30/h6-7,9-10,21-22H,3-5,8,11-20,26H2,1-2H3,(H,29,30)(H,31,32)/b7-6-,10-9-. The van der Waals surface area contributed by atoms with E-state index in [1.807, 2.05) is 0 Å². The van der Waals surface area contributed by atoms with Crippen molar-refractivity contribution in [3.05, 3.63) is 24.3 Å². The summed E-state index contributed by atoms with van der Waals surface area (Å²) >= 11 is 0. The van der Waals surface area contributed by atoms with Crippen molar-refractivity contribution in [1.29, 1.82) is 0 Å². The van der Waals surface area contributed by atoms with Crippen LogP contribution in [0, 0.1) is 0 Å². The van der Waals surface area contributed by atoms with Gasteiger partial charge in [-0.25, -0.2) is 4.57 Å². The Morgan fingerprint density at radius 3 is 2.14 bits per heavy atom. The van der Waals surface area contributed by atoms with E-state index in [0.29, 0.717) is 6.42 Å². The molecule has 37 heavy (non-hydrogen) atoms. The number of carboxylic acid groups (broad SMARTS) is 1. The highest BCUT2D eigenvalue weighted by Gasteiger charge is 2.28. The molecule has 0 aliphatic heterocycles. The first-order valence-corrected chi connectivity index (χ1v) is 14.4. The second kappa shape index (κ2) is 22.0. The number of nitrogens with two attached hydrogens (primary N) is 1. The van der Waals surface area contributed by atoms with Crippen LogP contribution in [-0.4, -0.2) is 59.9 Å². The van der Waals surface area contributed by atoms with Gasteiger partial charge in [0.05, 0.1) is 13.2 Å². The number of aliphatic carboxylic acids is 1. The fourth-order valence-corrected chi connectivity index (χ4v) is 3.62. The smallest absolute Gasteiger partial charge is 0.472 e. The summed E-state index contributed by atoms with van der Waals surface area (Å²) in [6, 6.07) is -1.52. The molecule has 11 nitrogen and oxygen atoms in total. The van der Waals surface area contributed by atoms with Crippen molar-refractivity contribution in [1.82, 2.24) is 0 Å². The maximum atomic E-state index is 12.2. The van der Waals surface area contributed by atoms with Gasteiger partial charge in [-0.05, 0) is 32.1 Å². The number of hydrogen-bond donors (Lipinski definition) is 3. The number of carboxylic acids is 1. The predicted molar refractivity (Wildman–Crippen MR) is 139 cm³/mol. The Morgan fingerprint density at radius 1 is 0.865 bits per heavy atom. The highest BCUT2D eigenvalue weighted by atomic mass is 31.2. The molecule has 0 aliphatic rings. The molecule has 12 heteroatoms. The van der Waals surface area contributed by atoms with Gasteiger partial charge in [-0.2, -0.15) is 0 Å². The van der Waals surface area contributed by atoms with Crippen LogP contribution in [0.1, 0.15) is 84.5 Å². The van der Waals surface area contributed by atoms with E-state index < -0.39 is 51.1 Å². The summed E-state index contributed by atoms with van der Waals surface area (Å²) in [6.07, 6.45) is 16.7. The Kier molecular flexibility index (Phi) is 20.8. The summed E-state index contributed by atoms with van der Waals surface area (Å²) in [7, 11) is -4.67. The minimum absolute atomic E-state index is 0.0992. The topological polar surface area (TPSA) is 172 Å². The lowest BCUT2D eigenvalue weighted by Gasteiger charge is -2.20. The zero-order chi connectivity index (χ0) is 27.9. The minimum Gasteiger partial charge on any atom is -0.480 e. The van der Waals surface area contributed by atoms with Crippen LogP contribution in [0.2, 0.25) is 0 Å². The van der Waals surface area contributed by atoms with Crippen LogP contribution in [0.5, 0.6) is 0 Å². The average molecular weight is 550 g/mol. The summed E-state index contributed by atoms with van der Waals surface area (Å²) in [6.45, 7) is 2.02. The van der Waals surface area contributed by atoms with Crippen molar-refractivity contribution in [3.63, 3.8) is 0 Å². The number of rotatable bonds is 23. The van der Waals surface area contributed by atoms with Gasteiger partial charge in [0, 0.05) is 12.8 Å². The lowest BCUT2D eigenvalue weighted by Crippen LogP contribution is -2.34. The van der Waals surface area contributed by atoms with Gasteiger partial charge in [-0.15, -0.1) is 0 Å². The van der Waals surface area contributed by atoms with Gasteiger partial charge in [-0.1, -0.05) is 63.8 Å². The Bertz CT molecular complexity index is 756. The van der Waals surface area contributed by atoms with Crippen LogP contribution < -0.4 is 5.73 Å². The molecule has 0 saturated heterocycles. The molecular formula is C25H44NO10P. The molecule has 3 unspecified atom stereocenters. The second-order valence-corrected chi connectivity index (χ2v) is 9.88. The number of carbonyl (C=O) groups excluding carboxylic acids is 2. The Balaban J connectivity index is 4.30. The fourth-order valence-electron chi connectivity index (χ4n) is 2.84. The number of phosphoric ester groups is 1. The van der Waals surface area contributed by atoms with E-state index in [2.05, 4.69) is 35.8 Å². The van der Waals surface area contributed by atoms with Gasteiger partial charge < -0.3 is 25.2 Å². The minimum atomic E-state index is -4.67. The summed E-state index contributed by atoms with van der Waals surface area (Å²) in [5.41, 5.74) is 5.22. The van der Waals surface area contributed by atoms with Gasteiger partial charge in [0.2, 0.25) is 0 Å². The van der Waals surface area contributed by atoms with E-state index in [-0.39, 0.29) is 19.4 Å².